The number of likely N-dealkylation sites (tertiary alicyclic amines) is 1. The van der Waals surface area contributed by atoms with E-state index in [-0.39, 0.29) is 30.3 Å². The molecule has 1 fully saturated rings. The molecular weight excluding hydrogens is 264 g/mol. The fourth-order valence-electron chi connectivity index (χ4n) is 2.03. The molecule has 0 spiro atoms. The molecule has 6 heteroatoms. The van der Waals surface area contributed by atoms with Crippen molar-refractivity contribution in [2.24, 2.45) is 15.9 Å². The smallest absolute Gasteiger partial charge is 0.227 e. The van der Waals surface area contributed by atoms with Crippen LogP contribution in [0.5, 0.6) is 0 Å². The second kappa shape index (κ2) is 9.08. The molecule has 2 atom stereocenters. The number of hydrogen-bond donors (Lipinski definition) is 0. The minimum Gasteiger partial charge on any atom is -0.345 e. The second-order valence-corrected chi connectivity index (χ2v) is 5.16. The summed E-state index contributed by atoms with van der Waals surface area (Å²) in [5, 5.41) is 0. The Morgan fingerprint density at radius 3 is 2.74 bits per heavy atom. The molecule has 1 aliphatic heterocycles. The minimum absolute atomic E-state index is 0. The third-order valence-corrected chi connectivity index (χ3v) is 3.26. The first-order valence-electron chi connectivity index (χ1n) is 6.53. The van der Waals surface area contributed by atoms with Gasteiger partial charge in [0.05, 0.1) is 24.5 Å². The third-order valence-electron chi connectivity index (χ3n) is 3.26. The van der Waals surface area contributed by atoms with Gasteiger partial charge in [-0.25, -0.2) is 9.98 Å². The summed E-state index contributed by atoms with van der Waals surface area (Å²) in [7, 11) is 5.93. The molecule has 5 nitrogen and oxygen atoms in total. The number of halogens is 1. The summed E-state index contributed by atoms with van der Waals surface area (Å²) in [5.41, 5.74) is 0. The van der Waals surface area contributed by atoms with Crippen LogP contribution in [0.1, 0.15) is 19.8 Å². The molecule has 19 heavy (non-hydrogen) atoms. The third kappa shape index (κ3) is 6.19. The van der Waals surface area contributed by atoms with Gasteiger partial charge in [0.1, 0.15) is 0 Å². The Kier molecular flexibility index (Phi) is 8.65. The normalized spacial score (nSPS) is 19.9. The summed E-state index contributed by atoms with van der Waals surface area (Å²) in [6.45, 7) is 4.56. The highest BCUT2D eigenvalue weighted by Gasteiger charge is 2.33. The summed E-state index contributed by atoms with van der Waals surface area (Å²) in [6.07, 6.45) is 1.90. The van der Waals surface area contributed by atoms with Crippen LogP contribution in [0.2, 0.25) is 0 Å². The van der Waals surface area contributed by atoms with Gasteiger partial charge in [-0.3, -0.25) is 4.79 Å². The molecule has 1 aliphatic rings. The molecule has 0 N–H and O–H groups in total. The van der Waals surface area contributed by atoms with E-state index in [1.54, 1.807) is 4.90 Å². The summed E-state index contributed by atoms with van der Waals surface area (Å²) in [5.74, 6) is 0.208. The highest BCUT2D eigenvalue weighted by Crippen LogP contribution is 2.21. The van der Waals surface area contributed by atoms with Crippen molar-refractivity contribution in [2.45, 2.75) is 25.8 Å². The molecule has 0 radical (unpaired) electrons. The van der Waals surface area contributed by atoms with Gasteiger partial charge in [0.2, 0.25) is 5.91 Å². The SMILES string of the molecule is CC(N=C=NCCCN(C)C)C1CCN(C)C1=O.Cl. The van der Waals surface area contributed by atoms with Crippen molar-refractivity contribution in [3.05, 3.63) is 0 Å². The van der Waals surface area contributed by atoms with Gasteiger partial charge >= 0.3 is 0 Å². The van der Waals surface area contributed by atoms with Crippen molar-refractivity contribution in [2.75, 3.05) is 40.8 Å². The van der Waals surface area contributed by atoms with Crippen LogP contribution in [-0.4, -0.2) is 68.5 Å². The summed E-state index contributed by atoms with van der Waals surface area (Å²) in [6, 6.07) is 2.72. The number of aliphatic imine (C=N–C) groups is 2. The Morgan fingerprint density at radius 1 is 1.53 bits per heavy atom. The predicted molar refractivity (Wildman–Crippen MR) is 80.4 cm³/mol. The maximum absolute atomic E-state index is 11.8. The number of amides is 1. The van der Waals surface area contributed by atoms with Crippen LogP contribution in [0, 0.1) is 5.92 Å². The van der Waals surface area contributed by atoms with Crippen molar-refractivity contribution in [3.63, 3.8) is 0 Å². The first-order chi connectivity index (χ1) is 8.52. The van der Waals surface area contributed by atoms with Gasteiger partial charge in [-0.15, -0.1) is 12.4 Å². The Hall–Kier alpha value is -0.900. The van der Waals surface area contributed by atoms with Crippen LogP contribution in [0.3, 0.4) is 0 Å². The quantitative estimate of drug-likeness (QED) is 0.548. The Bertz CT molecular complexity index is 340. The number of carbonyl (C=O) groups excluding carboxylic acids is 1. The number of nitrogens with zero attached hydrogens (tertiary/aromatic N) is 4. The standard InChI is InChI=1S/C13H24N4O.ClH/c1-11(12-6-9-17(4)13(12)18)15-10-14-7-5-8-16(2)3;/h11-12H,5-9H2,1-4H3;1H. The van der Waals surface area contributed by atoms with E-state index in [0.717, 1.165) is 32.5 Å². The Labute approximate surface area is 122 Å². The largest absolute Gasteiger partial charge is 0.345 e. The maximum Gasteiger partial charge on any atom is 0.227 e. The van der Waals surface area contributed by atoms with Crippen LogP contribution >= 0.6 is 12.4 Å². The average Bonchev–Trinajstić information content (AvgIpc) is 2.64. The maximum atomic E-state index is 11.8. The van der Waals surface area contributed by atoms with Crippen LogP contribution in [0.25, 0.3) is 0 Å². The van der Waals surface area contributed by atoms with E-state index in [2.05, 4.69) is 20.9 Å². The van der Waals surface area contributed by atoms with Gasteiger partial charge in [0, 0.05) is 13.6 Å². The van der Waals surface area contributed by atoms with E-state index in [1.165, 1.54) is 0 Å². The summed E-state index contributed by atoms with van der Waals surface area (Å²) < 4.78 is 0. The van der Waals surface area contributed by atoms with Crippen molar-refractivity contribution in [1.29, 1.82) is 0 Å². The first kappa shape index (κ1) is 18.1. The topological polar surface area (TPSA) is 48.3 Å². The highest BCUT2D eigenvalue weighted by atomic mass is 35.5. The Balaban J connectivity index is 0.00000324. The van der Waals surface area contributed by atoms with Crippen LogP contribution in [0.15, 0.2) is 9.98 Å². The molecule has 110 valence electrons. The first-order valence-corrected chi connectivity index (χ1v) is 6.53. The van der Waals surface area contributed by atoms with Gasteiger partial charge in [-0.2, -0.15) is 0 Å². The van der Waals surface area contributed by atoms with E-state index in [9.17, 15) is 4.79 Å². The molecule has 0 bridgehead atoms. The molecule has 0 aliphatic carbocycles. The van der Waals surface area contributed by atoms with Crippen molar-refractivity contribution < 1.29 is 4.79 Å². The minimum atomic E-state index is -0.0138. The van der Waals surface area contributed by atoms with E-state index < -0.39 is 0 Å². The monoisotopic (exact) mass is 288 g/mol. The van der Waals surface area contributed by atoms with Crippen LogP contribution < -0.4 is 0 Å². The zero-order chi connectivity index (χ0) is 13.5. The van der Waals surface area contributed by atoms with Gasteiger partial charge in [-0.05, 0) is 40.4 Å². The van der Waals surface area contributed by atoms with Gasteiger partial charge < -0.3 is 9.80 Å². The second-order valence-electron chi connectivity index (χ2n) is 5.16. The van der Waals surface area contributed by atoms with E-state index in [4.69, 9.17) is 0 Å². The molecule has 1 rings (SSSR count). The lowest BCUT2D eigenvalue weighted by Crippen LogP contribution is -2.27. The lowest BCUT2D eigenvalue weighted by atomic mass is 10.0. The number of carbonyl (C=O) groups is 1. The van der Waals surface area contributed by atoms with Crippen LogP contribution in [0.4, 0.5) is 0 Å². The average molecular weight is 289 g/mol. The fourth-order valence-corrected chi connectivity index (χ4v) is 2.03. The molecule has 0 saturated carbocycles. The Morgan fingerprint density at radius 2 is 2.21 bits per heavy atom. The number of rotatable bonds is 6. The zero-order valence-electron chi connectivity index (χ0n) is 12.3. The lowest BCUT2D eigenvalue weighted by Gasteiger charge is -2.12. The summed E-state index contributed by atoms with van der Waals surface area (Å²) >= 11 is 0. The molecule has 1 amide bonds. The van der Waals surface area contributed by atoms with E-state index >= 15 is 0 Å². The van der Waals surface area contributed by atoms with E-state index in [0.29, 0.717) is 0 Å². The van der Waals surface area contributed by atoms with Crippen LogP contribution in [-0.2, 0) is 4.79 Å². The van der Waals surface area contributed by atoms with Gasteiger partial charge in [-0.1, -0.05) is 0 Å². The molecule has 2 unspecified atom stereocenters. The molecule has 0 aromatic heterocycles. The van der Waals surface area contributed by atoms with Gasteiger partial charge in [0.25, 0.3) is 0 Å². The van der Waals surface area contributed by atoms with E-state index in [1.807, 2.05) is 28.1 Å². The lowest BCUT2D eigenvalue weighted by molar-refractivity contribution is -0.130. The van der Waals surface area contributed by atoms with Crippen molar-refractivity contribution >= 4 is 24.3 Å². The highest BCUT2D eigenvalue weighted by molar-refractivity contribution is 5.85. The number of hydrogen-bond acceptors (Lipinski definition) is 4. The van der Waals surface area contributed by atoms with Crippen molar-refractivity contribution in [1.82, 2.24) is 9.80 Å². The van der Waals surface area contributed by atoms with Crippen molar-refractivity contribution in [3.8, 4) is 0 Å². The molecule has 1 heterocycles. The predicted octanol–water partition coefficient (Wildman–Crippen LogP) is 1.40. The summed E-state index contributed by atoms with van der Waals surface area (Å²) in [4.78, 5) is 24.0. The molecular formula is C13H25ClN4O. The van der Waals surface area contributed by atoms with Gasteiger partial charge in [0.15, 0.2) is 0 Å². The zero-order valence-corrected chi connectivity index (χ0v) is 13.1. The molecule has 0 aromatic rings. The molecule has 0 aromatic carbocycles. The fraction of sp³-hybridized carbons (Fsp3) is 0.846. The molecule has 1 saturated heterocycles.